The second-order valence-electron chi connectivity index (χ2n) is 7.54. The van der Waals surface area contributed by atoms with Gasteiger partial charge in [-0.25, -0.2) is 0 Å². The summed E-state index contributed by atoms with van der Waals surface area (Å²) in [5.74, 6) is -0.733. The van der Waals surface area contributed by atoms with Gasteiger partial charge in [0, 0.05) is 21.8 Å². The Hall–Kier alpha value is -3.96. The van der Waals surface area contributed by atoms with Gasteiger partial charge in [0.1, 0.15) is 18.9 Å². The van der Waals surface area contributed by atoms with E-state index >= 15 is 0 Å². The Morgan fingerprint density at radius 3 is 2.56 bits per heavy atom. The van der Waals surface area contributed by atoms with Gasteiger partial charge in [-0.05, 0) is 54.2 Å². The van der Waals surface area contributed by atoms with Gasteiger partial charge in [-0.1, -0.05) is 46.3 Å². The van der Waals surface area contributed by atoms with Crippen LogP contribution in [0.25, 0.3) is 6.08 Å². The van der Waals surface area contributed by atoms with E-state index in [1.54, 1.807) is 66.7 Å². The average Bonchev–Trinajstić information content (AvgIpc) is 3.11. The van der Waals surface area contributed by atoms with Gasteiger partial charge in [0.15, 0.2) is 0 Å². The first-order valence-corrected chi connectivity index (χ1v) is 12.2. The van der Waals surface area contributed by atoms with E-state index < -0.39 is 28.5 Å². The number of benzene rings is 3. The van der Waals surface area contributed by atoms with Crippen molar-refractivity contribution in [1.29, 1.82) is 0 Å². The number of carbonyl (C=O) groups excluding carboxylic acids is 3. The van der Waals surface area contributed by atoms with Crippen molar-refractivity contribution >= 4 is 62.2 Å². The number of nitro benzene ring substituents is 1. The Bertz CT molecular complexity index is 1380. The molecule has 1 saturated heterocycles. The summed E-state index contributed by atoms with van der Waals surface area (Å²) in [4.78, 5) is 49.6. The number of carbonyl (C=O) groups is 3. The molecule has 0 spiro atoms. The van der Waals surface area contributed by atoms with Gasteiger partial charge < -0.3 is 10.1 Å². The molecule has 1 aliphatic heterocycles. The molecule has 0 atom stereocenters. The van der Waals surface area contributed by atoms with Gasteiger partial charge in [0.25, 0.3) is 16.8 Å². The van der Waals surface area contributed by atoms with Crippen LogP contribution in [0.2, 0.25) is 0 Å². The van der Waals surface area contributed by atoms with Crippen LogP contribution < -0.4 is 10.1 Å². The number of hydrogen-bond donors (Lipinski definition) is 1. The lowest BCUT2D eigenvalue weighted by Gasteiger charge is -2.12. The fourth-order valence-corrected chi connectivity index (χ4v) is 4.58. The summed E-state index contributed by atoms with van der Waals surface area (Å²) >= 11 is 4.10. The molecule has 4 rings (SSSR count). The minimum atomic E-state index is -0.599. The van der Waals surface area contributed by atoms with Crippen molar-refractivity contribution in [1.82, 2.24) is 4.90 Å². The Balaban J connectivity index is 1.51. The molecule has 9 nitrogen and oxygen atoms in total. The molecule has 0 radical (unpaired) electrons. The second-order valence-corrected chi connectivity index (χ2v) is 9.45. The van der Waals surface area contributed by atoms with Crippen molar-refractivity contribution in [3.05, 3.63) is 103 Å². The molecule has 0 aromatic heterocycles. The molecule has 182 valence electrons. The number of ether oxygens (including phenoxy) is 1. The van der Waals surface area contributed by atoms with Gasteiger partial charge in [-0.3, -0.25) is 29.4 Å². The van der Waals surface area contributed by atoms with Gasteiger partial charge >= 0.3 is 0 Å². The Labute approximate surface area is 218 Å². The molecule has 0 bridgehead atoms. The lowest BCUT2D eigenvalue weighted by atomic mass is 10.1. The van der Waals surface area contributed by atoms with Crippen molar-refractivity contribution in [2.45, 2.75) is 6.61 Å². The normalized spacial score (nSPS) is 14.2. The number of nitrogens with one attached hydrogen (secondary N) is 1. The molecule has 3 aromatic rings. The topological polar surface area (TPSA) is 119 Å². The summed E-state index contributed by atoms with van der Waals surface area (Å²) in [5, 5.41) is 13.4. The third-order valence-electron chi connectivity index (χ3n) is 5.06. The predicted octanol–water partition coefficient (Wildman–Crippen LogP) is 5.61. The number of nitro groups is 1. The Morgan fingerprint density at radius 2 is 1.81 bits per heavy atom. The van der Waals surface area contributed by atoms with Crippen molar-refractivity contribution in [3.8, 4) is 5.75 Å². The quantitative estimate of drug-likeness (QED) is 0.213. The van der Waals surface area contributed by atoms with Crippen molar-refractivity contribution in [2.75, 3.05) is 11.9 Å². The highest BCUT2D eigenvalue weighted by Gasteiger charge is 2.36. The zero-order valence-corrected chi connectivity index (χ0v) is 21.0. The van der Waals surface area contributed by atoms with E-state index in [0.717, 1.165) is 16.7 Å². The van der Waals surface area contributed by atoms with Crippen molar-refractivity contribution in [3.63, 3.8) is 0 Å². The van der Waals surface area contributed by atoms with Gasteiger partial charge in [0.05, 0.1) is 15.4 Å². The molecule has 0 unspecified atom stereocenters. The molecule has 0 aliphatic carbocycles. The number of amides is 3. The third kappa shape index (κ3) is 5.99. The van der Waals surface area contributed by atoms with Crippen LogP contribution >= 0.6 is 27.7 Å². The number of rotatable bonds is 8. The zero-order chi connectivity index (χ0) is 25.7. The molecule has 1 fully saturated rings. The maximum atomic E-state index is 12.9. The summed E-state index contributed by atoms with van der Waals surface area (Å²) < 4.78 is 6.55. The Morgan fingerprint density at radius 1 is 1.08 bits per heavy atom. The Kier molecular flexibility index (Phi) is 7.81. The van der Waals surface area contributed by atoms with Crippen LogP contribution in [0.15, 0.2) is 82.2 Å². The first-order chi connectivity index (χ1) is 17.3. The average molecular weight is 568 g/mol. The van der Waals surface area contributed by atoms with Crippen LogP contribution in [-0.2, 0) is 16.2 Å². The number of nitrogens with zero attached hydrogens (tertiary/aromatic N) is 2. The molecular formula is C25H18BrN3O6S. The molecule has 3 amide bonds. The molecule has 3 aromatic carbocycles. The summed E-state index contributed by atoms with van der Waals surface area (Å²) in [6.45, 7) is -0.489. The maximum absolute atomic E-state index is 12.9. The van der Waals surface area contributed by atoms with Crippen molar-refractivity contribution < 1.29 is 24.0 Å². The summed E-state index contributed by atoms with van der Waals surface area (Å²) in [7, 11) is 0. The van der Waals surface area contributed by atoms with Crippen LogP contribution in [0.1, 0.15) is 11.1 Å². The van der Waals surface area contributed by atoms with E-state index in [1.807, 2.05) is 0 Å². The zero-order valence-electron chi connectivity index (χ0n) is 18.5. The van der Waals surface area contributed by atoms with Crippen LogP contribution in [0.3, 0.4) is 0 Å². The maximum Gasteiger partial charge on any atom is 0.294 e. The van der Waals surface area contributed by atoms with Gasteiger partial charge in [-0.15, -0.1) is 0 Å². The molecule has 1 heterocycles. The number of hydrogen-bond acceptors (Lipinski definition) is 7. The number of para-hydroxylation sites is 2. The lowest BCUT2D eigenvalue weighted by Crippen LogP contribution is -2.36. The highest BCUT2D eigenvalue weighted by atomic mass is 79.9. The highest BCUT2D eigenvalue weighted by molar-refractivity contribution is 9.10. The number of imide groups is 1. The SMILES string of the molecule is O=C(CN1C(=O)S/C(=C\c2cc(Br)ccc2OCc2ccccc2[N+](=O)[O-])C1=O)Nc1ccccc1. The minimum absolute atomic E-state index is 0.0638. The molecule has 1 aliphatic rings. The third-order valence-corrected chi connectivity index (χ3v) is 6.46. The molecule has 1 N–H and O–H groups in total. The van der Waals surface area contributed by atoms with Crippen LogP contribution in [-0.4, -0.2) is 33.4 Å². The summed E-state index contributed by atoms with van der Waals surface area (Å²) in [6, 6.07) is 20.0. The number of anilines is 1. The second kappa shape index (κ2) is 11.2. The van der Waals surface area contributed by atoms with Crippen LogP contribution in [0.4, 0.5) is 16.2 Å². The lowest BCUT2D eigenvalue weighted by molar-refractivity contribution is -0.385. The number of thioether (sulfide) groups is 1. The number of halogens is 1. The van der Waals surface area contributed by atoms with Gasteiger partial charge in [-0.2, -0.15) is 0 Å². The first kappa shape index (κ1) is 25.1. The standard InChI is InChI=1S/C25H18BrN3O6S/c26-18-10-11-21(35-15-16-6-4-5-9-20(16)29(33)34)17(12-18)13-22-24(31)28(25(32)36-22)14-23(30)27-19-7-2-1-3-8-19/h1-13H,14-15H2,(H,27,30)/b22-13-. The van der Waals surface area contributed by atoms with E-state index in [4.69, 9.17) is 4.74 Å². The summed E-state index contributed by atoms with van der Waals surface area (Å²) in [5.41, 5.74) is 1.37. The largest absolute Gasteiger partial charge is 0.488 e. The fourth-order valence-electron chi connectivity index (χ4n) is 3.37. The molecule has 36 heavy (non-hydrogen) atoms. The van der Waals surface area contributed by atoms with Crippen LogP contribution in [0.5, 0.6) is 5.75 Å². The van der Waals surface area contributed by atoms with Gasteiger partial charge in [0.2, 0.25) is 5.91 Å². The minimum Gasteiger partial charge on any atom is -0.488 e. The van der Waals surface area contributed by atoms with Crippen LogP contribution in [0, 0.1) is 10.1 Å². The highest BCUT2D eigenvalue weighted by Crippen LogP contribution is 2.35. The smallest absolute Gasteiger partial charge is 0.294 e. The van der Waals surface area contributed by atoms with E-state index in [9.17, 15) is 24.5 Å². The first-order valence-electron chi connectivity index (χ1n) is 10.6. The van der Waals surface area contributed by atoms with E-state index in [0.29, 0.717) is 27.0 Å². The molecule has 11 heteroatoms. The monoisotopic (exact) mass is 567 g/mol. The fraction of sp³-hybridized carbons (Fsp3) is 0.0800. The molecule has 0 saturated carbocycles. The predicted molar refractivity (Wildman–Crippen MR) is 139 cm³/mol. The van der Waals surface area contributed by atoms with Crippen molar-refractivity contribution in [2.24, 2.45) is 0 Å². The van der Waals surface area contributed by atoms with E-state index in [-0.39, 0.29) is 17.2 Å². The molecular weight excluding hydrogens is 550 g/mol. The summed E-state index contributed by atoms with van der Waals surface area (Å²) in [6.07, 6.45) is 1.50. The van der Waals surface area contributed by atoms with E-state index in [1.165, 1.54) is 12.1 Å². The van der Waals surface area contributed by atoms with E-state index in [2.05, 4.69) is 21.2 Å².